The summed E-state index contributed by atoms with van der Waals surface area (Å²) < 4.78 is 74.5. The Kier molecular flexibility index (Phi) is 29.5. The van der Waals surface area contributed by atoms with Crippen LogP contribution in [0.2, 0.25) is 0 Å². The van der Waals surface area contributed by atoms with Gasteiger partial charge in [0.15, 0.2) is 67.7 Å². The molecule has 0 unspecified atom stereocenters. The number of fused-ring (bicyclic) bond motifs is 24. The minimum atomic E-state index is -1.19. The topological polar surface area (TPSA) is 348 Å². The maximum absolute atomic E-state index is 12.5. The van der Waals surface area contributed by atoms with Gasteiger partial charge in [0.1, 0.15) is 22.3 Å². The number of thioether (sulfide) groups is 4. The number of carbonyl (C=O) groups is 4. The second-order valence-corrected chi connectivity index (χ2v) is 34.5. The van der Waals surface area contributed by atoms with Gasteiger partial charge in [-0.3, -0.25) is 19.2 Å². The third kappa shape index (κ3) is 18.7. The second kappa shape index (κ2) is 40.3. The summed E-state index contributed by atoms with van der Waals surface area (Å²) in [7, 11) is 13.0. The van der Waals surface area contributed by atoms with E-state index in [-0.39, 0.29) is 70.1 Å². The van der Waals surface area contributed by atoms with Gasteiger partial charge in [0.25, 0.3) is 0 Å². The quantitative estimate of drug-likeness (QED) is 0.0331. The van der Waals surface area contributed by atoms with Crippen LogP contribution in [0.15, 0.2) is 117 Å². The van der Waals surface area contributed by atoms with Crippen molar-refractivity contribution in [3.05, 3.63) is 183 Å². The van der Waals surface area contributed by atoms with Crippen LogP contribution in [0, 0.1) is 0 Å². The van der Waals surface area contributed by atoms with Crippen molar-refractivity contribution in [2.45, 2.75) is 99.2 Å². The first-order valence-electron chi connectivity index (χ1n) is 39.8. The van der Waals surface area contributed by atoms with Crippen molar-refractivity contribution in [3.63, 3.8) is 0 Å². The van der Waals surface area contributed by atoms with Gasteiger partial charge >= 0.3 is 23.9 Å². The zero-order valence-corrected chi connectivity index (χ0v) is 71.5. The van der Waals surface area contributed by atoms with E-state index >= 15 is 0 Å². The number of aromatic nitrogens is 4. The van der Waals surface area contributed by atoms with Crippen molar-refractivity contribution in [1.82, 2.24) is 18.3 Å². The zero-order valence-electron chi connectivity index (χ0n) is 68.2. The molecule has 640 valence electrons. The van der Waals surface area contributed by atoms with E-state index in [0.29, 0.717) is 98.9 Å². The molecule has 8 aliphatic rings. The van der Waals surface area contributed by atoms with Gasteiger partial charge in [-0.2, -0.15) is 47.0 Å². The van der Waals surface area contributed by atoms with E-state index in [1.54, 1.807) is 56.9 Å². The highest BCUT2D eigenvalue weighted by Crippen LogP contribution is 2.56. The number of carboxylic acid groups (broad SMARTS) is 4. The molecule has 4 N–H and O–H groups in total. The number of benzene rings is 4. The maximum atomic E-state index is 12.5. The van der Waals surface area contributed by atoms with Gasteiger partial charge in [-0.15, -0.1) is 0 Å². The molecular weight excluding hydrogens is 1630 g/mol. The van der Waals surface area contributed by atoms with E-state index in [4.69, 9.17) is 56.8 Å². The predicted molar refractivity (Wildman–Crippen MR) is 461 cm³/mol. The summed E-state index contributed by atoms with van der Waals surface area (Å²) in [5, 5.41) is 37.7. The summed E-state index contributed by atoms with van der Waals surface area (Å²) >= 11 is 7.57. The monoisotopic (exact) mass is 1720 g/mol. The number of nitrogens with zero attached hydrogens (tertiary/aromatic N) is 4. The van der Waals surface area contributed by atoms with E-state index in [1.165, 1.54) is 49.1 Å². The normalized spacial score (nSPS) is 19.4. The molecule has 0 amide bonds. The first-order valence-corrected chi connectivity index (χ1v) is 44.5. The van der Waals surface area contributed by atoms with Crippen LogP contribution in [-0.2, 0) is 18.9 Å². The SMILES string of the molecule is COCCCOc1cc2c(cc1OC)-c1cc(=O)c(C(=O)O)cn1[C@@H]1CCSC[C@@H]21.COCCCOc1cc2c(cc1OC)-c1cc(=O)c(C(=O)O)cn1[C@@H]1CCSC[C@H]21.COCCCOc1cc2c(cc1OC)-c1cc(=O)c(C(=O)O)cn1[C@H]1CCSC[C@@H]21.COCCCOc1cc2c(cc1OC)-c1cc(=O)c(C(=O)O)cn1[C@H]1CCSC[C@H]21. The summed E-state index contributed by atoms with van der Waals surface area (Å²) in [6.07, 6.45) is 12.8. The molecule has 12 heterocycles. The highest BCUT2D eigenvalue weighted by atomic mass is 32.2. The number of methoxy groups -OCH3 is 8. The van der Waals surface area contributed by atoms with Crippen LogP contribution in [0.25, 0.3) is 45.0 Å². The highest BCUT2D eigenvalue weighted by molar-refractivity contribution is 8.00. The fourth-order valence-electron chi connectivity index (χ4n) is 17.3. The molecule has 4 fully saturated rings. The van der Waals surface area contributed by atoms with E-state index in [0.717, 1.165) is 165 Å². The van der Waals surface area contributed by atoms with Gasteiger partial charge in [0.05, 0.1) is 77.6 Å². The van der Waals surface area contributed by atoms with Gasteiger partial charge in [-0.1, -0.05) is 0 Å². The summed E-state index contributed by atoms with van der Waals surface area (Å²) in [5.74, 6) is 8.89. The van der Waals surface area contributed by atoms with E-state index < -0.39 is 45.6 Å². The lowest BCUT2D eigenvalue weighted by Gasteiger charge is -2.40. The Morgan fingerprint density at radius 2 is 0.517 bits per heavy atom. The van der Waals surface area contributed by atoms with Crippen molar-refractivity contribution in [3.8, 4) is 91.0 Å². The van der Waals surface area contributed by atoms with Gasteiger partial charge in [-0.25, -0.2) is 19.2 Å². The zero-order chi connectivity index (χ0) is 85.0. The number of ether oxygens (including phenoxy) is 12. The number of hydrogen-bond donors (Lipinski definition) is 4. The van der Waals surface area contributed by atoms with Crippen molar-refractivity contribution in [1.29, 1.82) is 0 Å². The number of carboxylic acids is 4. The lowest BCUT2D eigenvalue weighted by atomic mass is 9.82. The lowest BCUT2D eigenvalue weighted by Crippen LogP contribution is -2.32. The molecule has 0 radical (unpaired) electrons. The smallest absolute Gasteiger partial charge is 0.341 e. The average molecular weight is 1730 g/mol. The minimum Gasteiger partial charge on any atom is -0.493 e. The summed E-state index contributed by atoms with van der Waals surface area (Å²) in [5.41, 5.74) is 8.31. The Balaban J connectivity index is 0.000000138. The first-order chi connectivity index (χ1) is 58.2. The second-order valence-electron chi connectivity index (χ2n) is 29.9. The molecular formula is C88H100N4O24S4. The Morgan fingerprint density at radius 3 is 0.700 bits per heavy atom. The van der Waals surface area contributed by atoms with Crippen LogP contribution in [0.4, 0.5) is 0 Å². The van der Waals surface area contributed by atoms with Crippen LogP contribution >= 0.6 is 47.0 Å². The molecule has 28 nitrogen and oxygen atoms in total. The molecule has 4 aromatic heterocycles. The van der Waals surface area contributed by atoms with E-state index in [9.17, 15) is 58.8 Å². The fraction of sp³-hybridized carbons (Fsp3) is 0.455. The Bertz CT molecular complexity index is 4720. The minimum absolute atomic E-state index is 0.113. The van der Waals surface area contributed by atoms with Crippen molar-refractivity contribution < 1.29 is 96.4 Å². The van der Waals surface area contributed by atoms with Crippen molar-refractivity contribution in [2.24, 2.45) is 0 Å². The molecule has 0 aliphatic carbocycles. The van der Waals surface area contributed by atoms with Gasteiger partial charge in [0.2, 0.25) is 0 Å². The molecule has 0 bridgehead atoms. The molecule has 32 heteroatoms. The number of pyridine rings is 4. The molecule has 16 rings (SSSR count). The summed E-state index contributed by atoms with van der Waals surface area (Å²) in [4.78, 5) is 96.0. The molecule has 4 aromatic carbocycles. The maximum Gasteiger partial charge on any atom is 0.341 e. The van der Waals surface area contributed by atoms with Crippen LogP contribution in [0.1, 0.15) is 163 Å². The third-order valence-electron chi connectivity index (χ3n) is 23.0. The largest absolute Gasteiger partial charge is 0.493 e. The molecule has 8 atom stereocenters. The third-order valence-corrected chi connectivity index (χ3v) is 27.5. The molecule has 120 heavy (non-hydrogen) atoms. The summed E-state index contributed by atoms with van der Waals surface area (Å²) in [6.45, 7) is 4.56. The highest BCUT2D eigenvalue weighted by Gasteiger charge is 2.42. The van der Waals surface area contributed by atoms with Crippen molar-refractivity contribution in [2.75, 3.05) is 156 Å². The van der Waals surface area contributed by atoms with Gasteiger partial charge < -0.3 is 95.5 Å². The van der Waals surface area contributed by atoms with Crippen LogP contribution in [0.3, 0.4) is 0 Å². The molecule has 4 saturated heterocycles. The number of rotatable bonds is 28. The van der Waals surface area contributed by atoms with E-state index in [1.807, 2.05) is 114 Å². The molecule has 0 spiro atoms. The average Bonchev–Trinajstić information content (AvgIpc) is 0.750. The van der Waals surface area contributed by atoms with Crippen LogP contribution < -0.4 is 59.6 Å². The number of hydrogen-bond acceptors (Lipinski definition) is 24. The first kappa shape index (κ1) is 88.0. The van der Waals surface area contributed by atoms with Crippen LogP contribution in [0.5, 0.6) is 46.0 Å². The number of aromatic carboxylic acids is 4. The van der Waals surface area contributed by atoms with Crippen LogP contribution in [-0.4, -0.2) is 218 Å². The van der Waals surface area contributed by atoms with Crippen molar-refractivity contribution >= 4 is 70.9 Å². The van der Waals surface area contributed by atoms with E-state index in [2.05, 4.69) is 0 Å². The predicted octanol–water partition coefficient (Wildman–Crippen LogP) is 13.7. The summed E-state index contributed by atoms with van der Waals surface area (Å²) in [6, 6.07) is 22.0. The Morgan fingerprint density at radius 1 is 0.308 bits per heavy atom. The molecule has 8 aromatic rings. The Hall–Kier alpha value is -9.80. The Labute approximate surface area is 710 Å². The van der Waals surface area contributed by atoms with Gasteiger partial charge in [-0.05, 0) is 119 Å². The molecule has 8 aliphatic heterocycles. The lowest BCUT2D eigenvalue weighted by molar-refractivity contribution is 0.0683. The standard InChI is InChI=1S/4C22H25NO6S/c4*1-27-5-3-6-29-21-8-13-14(9-20(21)28-2)18-10-19(24)15(22(25)26)11-23(18)17-4-7-30-12-16(13)17/h4*8-11,16-17H,3-7,12H2,1-2H3,(H,25,26)/t2*16-,17+;2*16-,17-/m1010/s1. The van der Waals surface area contributed by atoms with Gasteiger partial charge in [0, 0.05) is 223 Å². The fourth-order valence-corrected chi connectivity index (χ4v) is 22.2. The molecule has 0 saturated carbocycles.